The van der Waals surface area contributed by atoms with Crippen molar-refractivity contribution < 1.29 is 9.15 Å². The Bertz CT molecular complexity index is 213. The van der Waals surface area contributed by atoms with Gasteiger partial charge in [-0.25, -0.2) is 4.98 Å². The van der Waals surface area contributed by atoms with Crippen LogP contribution in [0, 0.1) is 0 Å². The summed E-state index contributed by atoms with van der Waals surface area (Å²) in [6.45, 7) is 1.34. The van der Waals surface area contributed by atoms with Crippen molar-refractivity contribution in [1.29, 1.82) is 0 Å². The van der Waals surface area contributed by atoms with E-state index < -0.39 is 0 Å². The zero-order valence-corrected chi connectivity index (χ0v) is 7.95. The Morgan fingerprint density at radius 1 is 1.54 bits per heavy atom. The second-order valence-electron chi connectivity index (χ2n) is 2.87. The molecule has 1 heterocycles. The highest BCUT2D eigenvalue weighted by atomic mass is 16.5. The molecule has 0 aromatic carbocycles. The highest BCUT2D eigenvalue weighted by molar-refractivity contribution is 4.96. The fraction of sp³-hybridized carbons (Fsp3) is 0.667. The Labute approximate surface area is 78.1 Å². The molecular formula is C9H16N2O2. The van der Waals surface area contributed by atoms with Crippen molar-refractivity contribution in [2.45, 2.75) is 19.3 Å². The summed E-state index contributed by atoms with van der Waals surface area (Å²) in [5.41, 5.74) is 6.37. The lowest BCUT2D eigenvalue weighted by atomic mass is 10.2. The second kappa shape index (κ2) is 5.72. The average molecular weight is 184 g/mol. The number of nitrogens with zero attached hydrogens (tertiary/aromatic N) is 1. The van der Waals surface area contributed by atoms with Crippen molar-refractivity contribution in [3.05, 3.63) is 17.8 Å². The third-order valence-corrected chi connectivity index (χ3v) is 1.76. The maximum atomic E-state index is 5.38. The maximum Gasteiger partial charge on any atom is 0.196 e. The number of methoxy groups -OCH3 is 1. The Kier molecular flexibility index (Phi) is 4.49. The molecule has 4 heteroatoms. The van der Waals surface area contributed by atoms with Crippen LogP contribution in [0.15, 0.2) is 10.7 Å². The Morgan fingerprint density at radius 2 is 2.38 bits per heavy atom. The summed E-state index contributed by atoms with van der Waals surface area (Å²) in [6.07, 6.45) is 4.28. The molecule has 0 aliphatic heterocycles. The molecule has 74 valence electrons. The van der Waals surface area contributed by atoms with Gasteiger partial charge in [0.2, 0.25) is 0 Å². The highest BCUT2D eigenvalue weighted by Crippen LogP contribution is 2.04. The molecule has 1 aromatic heterocycles. The van der Waals surface area contributed by atoms with Gasteiger partial charge in [-0.3, -0.25) is 0 Å². The van der Waals surface area contributed by atoms with Crippen LogP contribution >= 0.6 is 0 Å². The quantitative estimate of drug-likeness (QED) is 0.708. The Balaban J connectivity index is 2.34. The molecule has 0 saturated heterocycles. The van der Waals surface area contributed by atoms with Crippen LogP contribution in [0.5, 0.6) is 0 Å². The summed E-state index contributed by atoms with van der Waals surface area (Å²) in [4.78, 5) is 4.28. The van der Waals surface area contributed by atoms with Crippen LogP contribution in [0.3, 0.4) is 0 Å². The summed E-state index contributed by atoms with van der Waals surface area (Å²) in [6, 6.07) is 0. The third-order valence-electron chi connectivity index (χ3n) is 1.76. The van der Waals surface area contributed by atoms with Gasteiger partial charge < -0.3 is 14.9 Å². The molecule has 0 aliphatic rings. The molecule has 0 saturated carbocycles. The van der Waals surface area contributed by atoms with Gasteiger partial charge in [0, 0.05) is 13.5 Å². The van der Waals surface area contributed by atoms with E-state index in [1.807, 2.05) is 0 Å². The molecule has 1 aromatic rings. The van der Waals surface area contributed by atoms with Gasteiger partial charge in [0.05, 0.1) is 12.3 Å². The number of hydrogen-bond acceptors (Lipinski definition) is 4. The van der Waals surface area contributed by atoms with Gasteiger partial charge in [0.25, 0.3) is 0 Å². The summed E-state index contributed by atoms with van der Waals surface area (Å²) in [5, 5.41) is 0. The lowest BCUT2D eigenvalue weighted by molar-refractivity contribution is 0.195. The molecule has 2 N–H and O–H groups in total. The SMILES string of the molecule is COCCc1nc(CCCN)co1. The molecule has 0 radical (unpaired) electrons. The minimum atomic E-state index is 0.650. The van der Waals surface area contributed by atoms with Crippen LogP contribution in [0.25, 0.3) is 0 Å². The molecule has 0 unspecified atom stereocenters. The highest BCUT2D eigenvalue weighted by Gasteiger charge is 2.02. The van der Waals surface area contributed by atoms with E-state index in [0.717, 1.165) is 30.8 Å². The van der Waals surface area contributed by atoms with E-state index in [1.165, 1.54) is 0 Å². The summed E-state index contributed by atoms with van der Waals surface area (Å²) >= 11 is 0. The predicted molar refractivity (Wildman–Crippen MR) is 49.5 cm³/mol. The van der Waals surface area contributed by atoms with Crippen molar-refractivity contribution in [1.82, 2.24) is 4.98 Å². The Hall–Kier alpha value is -0.870. The lowest BCUT2D eigenvalue weighted by Crippen LogP contribution is -2.00. The number of nitrogens with two attached hydrogens (primary N) is 1. The van der Waals surface area contributed by atoms with Crippen molar-refractivity contribution in [2.24, 2.45) is 5.73 Å². The first-order chi connectivity index (χ1) is 6.36. The molecule has 13 heavy (non-hydrogen) atoms. The van der Waals surface area contributed by atoms with E-state index in [1.54, 1.807) is 13.4 Å². The summed E-state index contributed by atoms with van der Waals surface area (Å²) < 4.78 is 10.1. The zero-order valence-electron chi connectivity index (χ0n) is 7.95. The van der Waals surface area contributed by atoms with Crippen molar-refractivity contribution in [3.8, 4) is 0 Å². The van der Waals surface area contributed by atoms with Gasteiger partial charge >= 0.3 is 0 Å². The summed E-state index contributed by atoms with van der Waals surface area (Å²) in [5.74, 6) is 0.744. The topological polar surface area (TPSA) is 61.3 Å². The molecule has 0 spiro atoms. The summed E-state index contributed by atoms with van der Waals surface area (Å²) in [7, 11) is 1.66. The Morgan fingerprint density at radius 3 is 3.08 bits per heavy atom. The zero-order chi connectivity index (χ0) is 9.52. The lowest BCUT2D eigenvalue weighted by Gasteiger charge is -1.92. The van der Waals surface area contributed by atoms with Gasteiger partial charge in [0.15, 0.2) is 5.89 Å². The van der Waals surface area contributed by atoms with Crippen LogP contribution in [0.2, 0.25) is 0 Å². The first-order valence-electron chi connectivity index (χ1n) is 4.49. The normalized spacial score (nSPS) is 10.6. The number of ether oxygens (including phenoxy) is 1. The van der Waals surface area contributed by atoms with E-state index in [0.29, 0.717) is 13.2 Å². The minimum absolute atomic E-state index is 0.650. The third kappa shape index (κ3) is 3.57. The van der Waals surface area contributed by atoms with Crippen LogP contribution < -0.4 is 5.73 Å². The monoisotopic (exact) mass is 184 g/mol. The van der Waals surface area contributed by atoms with Crippen molar-refractivity contribution in [2.75, 3.05) is 20.3 Å². The maximum absolute atomic E-state index is 5.38. The fourth-order valence-electron chi connectivity index (χ4n) is 1.05. The second-order valence-corrected chi connectivity index (χ2v) is 2.87. The van der Waals surface area contributed by atoms with Crippen LogP contribution in [0.4, 0.5) is 0 Å². The molecule has 0 bridgehead atoms. The van der Waals surface area contributed by atoms with Crippen LogP contribution in [-0.4, -0.2) is 25.2 Å². The molecule has 4 nitrogen and oxygen atoms in total. The molecular weight excluding hydrogens is 168 g/mol. The van der Waals surface area contributed by atoms with E-state index in [4.69, 9.17) is 14.9 Å². The van der Waals surface area contributed by atoms with E-state index >= 15 is 0 Å². The van der Waals surface area contributed by atoms with Crippen molar-refractivity contribution >= 4 is 0 Å². The standard InChI is InChI=1S/C9H16N2O2/c1-12-6-4-9-11-8(7-13-9)3-2-5-10/h7H,2-6,10H2,1H3. The smallest absolute Gasteiger partial charge is 0.196 e. The van der Waals surface area contributed by atoms with Gasteiger partial charge in [-0.1, -0.05) is 0 Å². The molecule has 1 rings (SSSR count). The first kappa shape index (κ1) is 10.2. The average Bonchev–Trinajstić information content (AvgIpc) is 2.59. The van der Waals surface area contributed by atoms with Crippen LogP contribution in [0.1, 0.15) is 18.0 Å². The van der Waals surface area contributed by atoms with Crippen molar-refractivity contribution in [3.63, 3.8) is 0 Å². The van der Waals surface area contributed by atoms with Gasteiger partial charge in [0.1, 0.15) is 6.26 Å². The van der Waals surface area contributed by atoms with E-state index in [9.17, 15) is 0 Å². The molecule has 0 atom stereocenters. The van der Waals surface area contributed by atoms with E-state index in [2.05, 4.69) is 4.98 Å². The first-order valence-corrected chi connectivity index (χ1v) is 4.49. The minimum Gasteiger partial charge on any atom is -0.449 e. The number of aryl methyl sites for hydroxylation is 1. The predicted octanol–water partition coefficient (Wildman–Crippen LogP) is 0.755. The number of hydrogen-bond donors (Lipinski definition) is 1. The van der Waals surface area contributed by atoms with E-state index in [-0.39, 0.29) is 0 Å². The fourth-order valence-corrected chi connectivity index (χ4v) is 1.05. The van der Waals surface area contributed by atoms with Gasteiger partial charge in [-0.2, -0.15) is 0 Å². The number of rotatable bonds is 6. The number of aromatic nitrogens is 1. The van der Waals surface area contributed by atoms with Crippen LogP contribution in [-0.2, 0) is 17.6 Å². The largest absolute Gasteiger partial charge is 0.449 e. The molecule has 0 amide bonds. The van der Waals surface area contributed by atoms with Gasteiger partial charge in [-0.15, -0.1) is 0 Å². The molecule has 0 aliphatic carbocycles. The number of oxazole rings is 1. The van der Waals surface area contributed by atoms with Gasteiger partial charge in [-0.05, 0) is 19.4 Å². The molecule has 0 fully saturated rings.